The van der Waals surface area contributed by atoms with Gasteiger partial charge in [0.15, 0.2) is 0 Å². The van der Waals surface area contributed by atoms with Gasteiger partial charge < -0.3 is 34.4 Å². The van der Waals surface area contributed by atoms with Gasteiger partial charge in [-0.05, 0) is 118 Å². The first-order chi connectivity index (χ1) is 29.6. The molecule has 4 aliphatic carbocycles. The molecule has 4 saturated carbocycles. The van der Waals surface area contributed by atoms with E-state index in [0.29, 0.717) is 99.5 Å². The maximum Gasteiger partial charge on any atom is 0.408 e. The van der Waals surface area contributed by atoms with Crippen LogP contribution in [0.4, 0.5) is 10.6 Å². The number of pyridine rings is 1. The van der Waals surface area contributed by atoms with Crippen LogP contribution in [0.3, 0.4) is 0 Å². The molecule has 62 heavy (non-hydrogen) atoms. The number of carbonyl (C=O) groups is 4. The topological polar surface area (TPSA) is 197 Å². The summed E-state index contributed by atoms with van der Waals surface area (Å²) in [6.45, 7) is 7.93. The molecular weight excluding hydrogens is 817 g/mol. The number of anilines is 1. The van der Waals surface area contributed by atoms with E-state index in [0.717, 1.165) is 18.2 Å². The van der Waals surface area contributed by atoms with E-state index in [2.05, 4.69) is 21.9 Å². The second kappa shape index (κ2) is 16.2. The largest absolute Gasteiger partial charge is 0.497 e. The van der Waals surface area contributed by atoms with Crippen LogP contribution in [0, 0.1) is 29.6 Å². The summed E-state index contributed by atoms with van der Waals surface area (Å²) in [5, 5.41) is 15.4. The number of amides is 4. The molecule has 17 heteroatoms. The van der Waals surface area contributed by atoms with E-state index < -0.39 is 68.2 Å². The van der Waals surface area contributed by atoms with Crippen LogP contribution in [0.1, 0.15) is 85.0 Å². The van der Waals surface area contributed by atoms with E-state index in [1.54, 1.807) is 14.0 Å². The van der Waals surface area contributed by atoms with Crippen molar-refractivity contribution < 1.29 is 46.9 Å². The van der Waals surface area contributed by atoms with E-state index in [4.69, 9.17) is 19.2 Å². The molecule has 0 bridgehead atoms. The summed E-state index contributed by atoms with van der Waals surface area (Å²) >= 11 is 0. The molecule has 1 aromatic heterocycles. The van der Waals surface area contributed by atoms with Crippen LogP contribution in [0.2, 0.25) is 0 Å². The fourth-order valence-corrected chi connectivity index (χ4v) is 12.0. The Hall–Kier alpha value is -4.64. The van der Waals surface area contributed by atoms with Crippen molar-refractivity contribution in [2.45, 2.75) is 119 Å². The number of carbonyl (C=O) groups excluding carboxylic acids is 3. The van der Waals surface area contributed by atoms with Crippen LogP contribution in [0.15, 0.2) is 36.4 Å². The van der Waals surface area contributed by atoms with E-state index in [1.807, 2.05) is 43.3 Å². The summed E-state index contributed by atoms with van der Waals surface area (Å²) in [4.78, 5) is 67.8. The Balaban J connectivity index is 1.09. The third-order valence-corrected chi connectivity index (χ3v) is 17.1. The number of fused-ring (bicyclic) bond motifs is 4. The Kier molecular flexibility index (Phi) is 11.1. The van der Waals surface area contributed by atoms with E-state index in [1.165, 1.54) is 9.80 Å². The molecule has 336 valence electrons. The van der Waals surface area contributed by atoms with E-state index >= 15 is 4.79 Å². The first-order valence-electron chi connectivity index (χ1n) is 22.4. The summed E-state index contributed by atoms with van der Waals surface area (Å²) in [5.74, 6) is -0.0803. The maximum absolute atomic E-state index is 15.4. The number of nitrogens with zero attached hydrogens (tertiary/aromatic N) is 4. The molecule has 0 spiro atoms. The number of rotatable bonds is 9. The monoisotopic (exact) mass is 876 g/mol. The van der Waals surface area contributed by atoms with Gasteiger partial charge in [-0.3, -0.25) is 24.0 Å². The smallest absolute Gasteiger partial charge is 0.408 e. The number of aromatic nitrogens is 1. The molecule has 16 nitrogen and oxygen atoms in total. The standard InChI is InChI=1S/C45H60N6O10S/c1-26-7-5-6-8-31-24-45(31,42(54)48-62(57,58)44(3)11-12-44)47-39(52)36-23-34(25-50(36)41(53)38(27(2)17-26)51(43(55)56)32-19-28-18-29(28)20-32)61-40-35-10-9-33(59-4)21-30(35)22-37(46-40)49-13-15-60-16-14-49/h6,8-10,21-22,26-29,31-32,34,36,38H,5,7,11-20,23-25H2,1-4H3,(H,47,52)(H,48,54)(H,55,56)/b8-6-/t26-,27+,28-,29?,31+,32+,34+,36-,38-,45+/m0/s1. The quantitative estimate of drug-likeness (QED) is 0.300. The zero-order valence-electron chi connectivity index (χ0n) is 36.1. The van der Waals surface area contributed by atoms with Gasteiger partial charge in [0.2, 0.25) is 27.7 Å². The van der Waals surface area contributed by atoms with Gasteiger partial charge >= 0.3 is 6.09 Å². The maximum atomic E-state index is 15.4. The summed E-state index contributed by atoms with van der Waals surface area (Å²) in [7, 11) is -2.43. The van der Waals surface area contributed by atoms with Crippen LogP contribution in [0.25, 0.3) is 10.8 Å². The molecule has 3 N–H and O–H groups in total. The number of methoxy groups -OCH3 is 1. The van der Waals surface area contributed by atoms with E-state index in [-0.39, 0.29) is 37.3 Å². The summed E-state index contributed by atoms with van der Waals surface area (Å²) in [5.41, 5.74) is -1.56. The number of benzene rings is 1. The lowest BCUT2D eigenvalue weighted by Crippen LogP contribution is -2.61. The van der Waals surface area contributed by atoms with Gasteiger partial charge in [-0.1, -0.05) is 26.0 Å². The van der Waals surface area contributed by atoms with Gasteiger partial charge in [-0.25, -0.2) is 13.2 Å². The van der Waals surface area contributed by atoms with Gasteiger partial charge in [0, 0.05) is 36.9 Å². The minimum atomic E-state index is -4.03. The van der Waals surface area contributed by atoms with Crippen molar-refractivity contribution in [3.05, 3.63) is 36.4 Å². The molecule has 1 aromatic carbocycles. The second-order valence-corrected chi connectivity index (χ2v) is 21.6. The second-order valence-electron chi connectivity index (χ2n) is 19.4. The molecule has 6 fully saturated rings. The average molecular weight is 877 g/mol. The minimum Gasteiger partial charge on any atom is -0.497 e. The molecule has 2 aromatic rings. The lowest BCUT2D eigenvalue weighted by Gasteiger charge is -2.40. The van der Waals surface area contributed by atoms with Crippen LogP contribution < -0.4 is 24.4 Å². The fraction of sp³-hybridized carbons (Fsp3) is 0.667. The Morgan fingerprint density at radius 1 is 1.05 bits per heavy atom. The first kappa shape index (κ1) is 42.7. The molecule has 0 radical (unpaired) electrons. The molecule has 2 saturated heterocycles. The van der Waals surface area contributed by atoms with Gasteiger partial charge in [0.1, 0.15) is 35.3 Å². The van der Waals surface area contributed by atoms with Crippen molar-refractivity contribution in [1.82, 2.24) is 24.8 Å². The lowest BCUT2D eigenvalue weighted by atomic mass is 9.86. The predicted octanol–water partition coefficient (Wildman–Crippen LogP) is 4.46. The van der Waals surface area contributed by atoms with Crippen molar-refractivity contribution in [2.24, 2.45) is 29.6 Å². The van der Waals surface area contributed by atoms with Crippen LogP contribution in [-0.4, -0.2) is 127 Å². The van der Waals surface area contributed by atoms with Crippen molar-refractivity contribution in [3.63, 3.8) is 0 Å². The number of nitrogens with one attached hydrogen (secondary N) is 2. The van der Waals surface area contributed by atoms with Crippen molar-refractivity contribution >= 4 is 50.4 Å². The highest BCUT2D eigenvalue weighted by atomic mass is 32.2. The SMILES string of the molecule is COc1ccc2c(O[C@@H]3C[C@H]4C(=O)N[C@]5(C(=O)NS(=O)(=O)C6(C)CC6)C[C@H]5/C=C\CC[C@H](C)C[C@@H](C)[C@H](N(C(=O)O)[C@H]5CC6C[C@H]6C5)C(=O)N4C3)nc(N3CCOCC3)cc2c1. The van der Waals surface area contributed by atoms with Crippen molar-refractivity contribution in [1.29, 1.82) is 0 Å². The molecule has 1 unspecified atom stereocenters. The van der Waals surface area contributed by atoms with Crippen LogP contribution >= 0.6 is 0 Å². The van der Waals surface area contributed by atoms with Crippen LogP contribution in [-0.2, 0) is 29.1 Å². The molecule has 4 heterocycles. The van der Waals surface area contributed by atoms with Gasteiger partial charge in [-0.2, -0.15) is 4.98 Å². The summed E-state index contributed by atoms with van der Waals surface area (Å²) in [6.07, 6.45) is 7.50. The Labute approximate surface area is 363 Å². The normalized spacial score (nSPS) is 34.7. The number of sulfonamides is 1. The number of ether oxygens (including phenoxy) is 3. The number of hydrogen-bond donors (Lipinski definition) is 3. The molecule has 10 atom stereocenters. The third kappa shape index (κ3) is 8.07. The molecule has 3 aliphatic heterocycles. The summed E-state index contributed by atoms with van der Waals surface area (Å²) < 4.78 is 45.9. The van der Waals surface area contributed by atoms with Crippen LogP contribution in [0.5, 0.6) is 11.6 Å². The number of allylic oxidation sites excluding steroid dienone is 1. The Morgan fingerprint density at radius 3 is 2.48 bits per heavy atom. The zero-order valence-corrected chi connectivity index (χ0v) is 36.9. The molecular formula is C45H60N6O10S. The molecule has 9 rings (SSSR count). The highest BCUT2D eigenvalue weighted by Crippen LogP contribution is 2.54. The Bertz CT molecular complexity index is 2250. The van der Waals surface area contributed by atoms with Gasteiger partial charge in [0.25, 0.3) is 5.91 Å². The predicted molar refractivity (Wildman–Crippen MR) is 229 cm³/mol. The number of hydrogen-bond acceptors (Lipinski definition) is 11. The Morgan fingerprint density at radius 2 is 1.79 bits per heavy atom. The van der Waals surface area contributed by atoms with Crippen molar-refractivity contribution in [3.8, 4) is 11.6 Å². The highest BCUT2D eigenvalue weighted by Gasteiger charge is 2.63. The fourth-order valence-electron chi connectivity index (χ4n) is 10.7. The number of carboxylic acid groups (broad SMARTS) is 1. The minimum absolute atomic E-state index is 0.0193. The first-order valence-corrected chi connectivity index (χ1v) is 23.9. The van der Waals surface area contributed by atoms with Gasteiger partial charge in [0.05, 0.1) is 31.6 Å². The highest BCUT2D eigenvalue weighted by molar-refractivity contribution is 7.91. The average Bonchev–Trinajstić information content (AvgIpc) is 4.20. The molecule has 7 aliphatic rings. The zero-order chi connectivity index (χ0) is 43.7. The van der Waals surface area contributed by atoms with Crippen molar-refractivity contribution in [2.75, 3.05) is 44.9 Å². The number of morpholine rings is 1. The van der Waals surface area contributed by atoms with Gasteiger partial charge in [-0.15, -0.1) is 0 Å². The van der Waals surface area contributed by atoms with E-state index in [9.17, 15) is 27.9 Å². The summed E-state index contributed by atoms with van der Waals surface area (Å²) in [6, 6.07) is 4.99. The molecule has 4 amide bonds. The lowest BCUT2D eigenvalue weighted by molar-refractivity contribution is -0.145. The third-order valence-electron chi connectivity index (χ3n) is 14.9.